The van der Waals surface area contributed by atoms with E-state index in [0.29, 0.717) is 12.1 Å². The van der Waals surface area contributed by atoms with E-state index in [0.717, 1.165) is 5.56 Å². The summed E-state index contributed by atoms with van der Waals surface area (Å²) in [5.74, 6) is -1.07. The third kappa shape index (κ3) is 3.81. The first-order chi connectivity index (χ1) is 9.47. The van der Waals surface area contributed by atoms with Gasteiger partial charge in [-0.2, -0.15) is 0 Å². The van der Waals surface area contributed by atoms with Gasteiger partial charge in [-0.3, -0.25) is 9.59 Å². The maximum atomic E-state index is 11.6. The molecule has 1 fully saturated rings. The Morgan fingerprint density at radius 3 is 2.50 bits per heavy atom. The molecule has 2 rings (SSSR count). The molecule has 1 aliphatic rings. The number of anilines is 1. The predicted octanol–water partition coefficient (Wildman–Crippen LogP) is 2.24. The second-order valence-electron chi connectivity index (χ2n) is 5.32. The number of nitrogens with one attached hydrogen (secondary N) is 1. The van der Waals surface area contributed by atoms with Gasteiger partial charge in [-0.15, -0.1) is 0 Å². The molecule has 1 aromatic rings. The van der Waals surface area contributed by atoms with Crippen molar-refractivity contribution in [2.24, 2.45) is 5.92 Å². The van der Waals surface area contributed by atoms with E-state index in [2.05, 4.69) is 5.32 Å². The zero-order valence-corrected chi connectivity index (χ0v) is 11.6. The molecule has 108 valence electrons. The van der Waals surface area contributed by atoms with Crippen molar-refractivity contribution in [2.45, 2.75) is 32.3 Å². The van der Waals surface area contributed by atoms with Gasteiger partial charge in [-0.1, -0.05) is 12.1 Å². The quantitative estimate of drug-likeness (QED) is 0.836. The number of ether oxygens (including phenoxy) is 1. The molecule has 0 spiro atoms. The van der Waals surface area contributed by atoms with Crippen LogP contribution in [0.2, 0.25) is 0 Å². The fourth-order valence-electron chi connectivity index (χ4n) is 2.09. The lowest BCUT2D eigenvalue weighted by molar-refractivity contribution is -0.138. The summed E-state index contributed by atoms with van der Waals surface area (Å²) in [5.41, 5.74) is 1.70. The second-order valence-corrected chi connectivity index (χ2v) is 5.32. The third-order valence-corrected chi connectivity index (χ3v) is 3.28. The van der Waals surface area contributed by atoms with E-state index >= 15 is 0 Å². The summed E-state index contributed by atoms with van der Waals surface area (Å²) in [6.45, 7) is 3.77. The van der Waals surface area contributed by atoms with Crippen LogP contribution in [0.3, 0.4) is 0 Å². The molecular formula is C15H19NO4. The van der Waals surface area contributed by atoms with Crippen molar-refractivity contribution in [1.29, 1.82) is 0 Å². The standard InChI is InChI=1S/C15H19NO4/c1-9(2)20-8-14(17)16-11-5-3-10(4-6-11)12-7-13(12)15(18)19/h3-6,9,12-13H,7-8H2,1-2H3,(H,16,17)(H,18,19)/t12-,13+/m0/s1. The number of carboxylic acid groups (broad SMARTS) is 1. The van der Waals surface area contributed by atoms with Gasteiger partial charge in [-0.25, -0.2) is 0 Å². The van der Waals surface area contributed by atoms with Crippen LogP contribution in [0, 0.1) is 5.92 Å². The minimum Gasteiger partial charge on any atom is -0.481 e. The fraction of sp³-hybridized carbons (Fsp3) is 0.467. The van der Waals surface area contributed by atoms with E-state index < -0.39 is 5.97 Å². The molecule has 1 saturated carbocycles. The Morgan fingerprint density at radius 1 is 1.35 bits per heavy atom. The molecule has 2 atom stereocenters. The number of aliphatic carboxylic acids is 1. The third-order valence-electron chi connectivity index (χ3n) is 3.28. The molecule has 0 heterocycles. The van der Waals surface area contributed by atoms with Gasteiger partial charge in [0.05, 0.1) is 12.0 Å². The summed E-state index contributed by atoms with van der Waals surface area (Å²) in [6.07, 6.45) is 0.717. The second kappa shape index (κ2) is 6.05. The van der Waals surface area contributed by atoms with Crippen molar-refractivity contribution in [2.75, 3.05) is 11.9 Å². The van der Waals surface area contributed by atoms with E-state index in [1.54, 1.807) is 12.1 Å². The van der Waals surface area contributed by atoms with Gasteiger partial charge in [0.2, 0.25) is 5.91 Å². The van der Waals surface area contributed by atoms with Gasteiger partial charge in [0.25, 0.3) is 0 Å². The van der Waals surface area contributed by atoms with Crippen LogP contribution in [-0.4, -0.2) is 29.7 Å². The molecule has 0 saturated heterocycles. The fourth-order valence-corrected chi connectivity index (χ4v) is 2.09. The number of hydrogen-bond acceptors (Lipinski definition) is 3. The van der Waals surface area contributed by atoms with Gasteiger partial charge >= 0.3 is 5.97 Å². The highest BCUT2D eigenvalue weighted by atomic mass is 16.5. The monoisotopic (exact) mass is 277 g/mol. The summed E-state index contributed by atoms with van der Waals surface area (Å²) >= 11 is 0. The normalized spacial score (nSPS) is 20.8. The van der Waals surface area contributed by atoms with Crippen LogP contribution >= 0.6 is 0 Å². The van der Waals surface area contributed by atoms with Crippen molar-refractivity contribution in [1.82, 2.24) is 0 Å². The number of carbonyl (C=O) groups excluding carboxylic acids is 1. The lowest BCUT2D eigenvalue weighted by Crippen LogP contribution is -2.20. The molecule has 1 aliphatic carbocycles. The highest BCUT2D eigenvalue weighted by Crippen LogP contribution is 2.47. The topological polar surface area (TPSA) is 75.6 Å². The number of carboxylic acids is 1. The Kier molecular flexibility index (Phi) is 4.39. The first-order valence-corrected chi connectivity index (χ1v) is 6.71. The minimum absolute atomic E-state index is 0.0194. The average molecular weight is 277 g/mol. The summed E-state index contributed by atoms with van der Waals surface area (Å²) in [7, 11) is 0. The highest BCUT2D eigenvalue weighted by molar-refractivity contribution is 5.91. The minimum atomic E-state index is -0.738. The molecule has 1 aromatic carbocycles. The first kappa shape index (κ1) is 14.5. The van der Waals surface area contributed by atoms with E-state index in [-0.39, 0.29) is 30.5 Å². The van der Waals surface area contributed by atoms with Crippen LogP contribution in [0.25, 0.3) is 0 Å². The number of hydrogen-bond donors (Lipinski definition) is 2. The molecule has 5 heteroatoms. The van der Waals surface area contributed by atoms with E-state index in [9.17, 15) is 9.59 Å². The molecule has 2 N–H and O–H groups in total. The lowest BCUT2D eigenvalue weighted by atomic mass is 10.1. The van der Waals surface area contributed by atoms with Crippen LogP contribution in [0.15, 0.2) is 24.3 Å². The molecule has 0 radical (unpaired) electrons. The van der Waals surface area contributed by atoms with Crippen LogP contribution in [0.1, 0.15) is 31.7 Å². The number of rotatable bonds is 6. The maximum absolute atomic E-state index is 11.6. The predicted molar refractivity (Wildman–Crippen MR) is 74.6 cm³/mol. The summed E-state index contributed by atoms with van der Waals surface area (Å²) in [5, 5.41) is 11.6. The highest BCUT2D eigenvalue weighted by Gasteiger charge is 2.43. The van der Waals surface area contributed by atoms with E-state index in [4.69, 9.17) is 9.84 Å². The van der Waals surface area contributed by atoms with E-state index in [1.165, 1.54) is 0 Å². The molecule has 1 amide bonds. The summed E-state index contributed by atoms with van der Waals surface area (Å²) in [4.78, 5) is 22.4. The summed E-state index contributed by atoms with van der Waals surface area (Å²) in [6, 6.07) is 7.32. The van der Waals surface area contributed by atoms with Gasteiger partial charge in [-0.05, 0) is 43.9 Å². The molecule has 20 heavy (non-hydrogen) atoms. The van der Waals surface area contributed by atoms with Crippen LogP contribution in [0.4, 0.5) is 5.69 Å². The Morgan fingerprint density at radius 2 is 2.00 bits per heavy atom. The zero-order valence-electron chi connectivity index (χ0n) is 11.6. The lowest BCUT2D eigenvalue weighted by Gasteiger charge is -2.09. The van der Waals surface area contributed by atoms with Gasteiger partial charge < -0.3 is 15.2 Å². The van der Waals surface area contributed by atoms with Crippen LogP contribution < -0.4 is 5.32 Å². The molecule has 0 unspecified atom stereocenters. The van der Waals surface area contributed by atoms with Crippen molar-refractivity contribution < 1.29 is 19.4 Å². The Balaban J connectivity index is 1.86. The van der Waals surface area contributed by atoms with Crippen molar-refractivity contribution in [3.8, 4) is 0 Å². The van der Waals surface area contributed by atoms with Crippen LogP contribution in [-0.2, 0) is 14.3 Å². The SMILES string of the molecule is CC(C)OCC(=O)Nc1ccc([C@@H]2C[C@H]2C(=O)O)cc1. The van der Waals surface area contributed by atoms with Gasteiger partial charge in [0, 0.05) is 5.69 Å². The summed E-state index contributed by atoms with van der Waals surface area (Å²) < 4.78 is 5.21. The number of carbonyl (C=O) groups is 2. The maximum Gasteiger partial charge on any atom is 0.307 e. The van der Waals surface area contributed by atoms with Crippen LogP contribution in [0.5, 0.6) is 0 Å². The Hall–Kier alpha value is -1.88. The zero-order chi connectivity index (χ0) is 14.7. The smallest absolute Gasteiger partial charge is 0.307 e. The molecule has 0 aliphatic heterocycles. The largest absolute Gasteiger partial charge is 0.481 e. The Labute approximate surface area is 117 Å². The molecule has 0 bridgehead atoms. The van der Waals surface area contributed by atoms with Crippen molar-refractivity contribution in [3.05, 3.63) is 29.8 Å². The molecule has 5 nitrogen and oxygen atoms in total. The molecular weight excluding hydrogens is 258 g/mol. The van der Waals surface area contributed by atoms with Crippen molar-refractivity contribution >= 4 is 17.6 Å². The van der Waals surface area contributed by atoms with E-state index in [1.807, 2.05) is 26.0 Å². The van der Waals surface area contributed by atoms with Crippen molar-refractivity contribution in [3.63, 3.8) is 0 Å². The average Bonchev–Trinajstić information content (AvgIpc) is 3.18. The number of benzene rings is 1. The molecule has 0 aromatic heterocycles. The number of amides is 1. The van der Waals surface area contributed by atoms with Gasteiger partial charge in [0.15, 0.2) is 0 Å². The first-order valence-electron chi connectivity index (χ1n) is 6.71. The Bertz CT molecular complexity index is 495. The van der Waals surface area contributed by atoms with Gasteiger partial charge in [0.1, 0.15) is 6.61 Å².